The van der Waals surface area contributed by atoms with E-state index in [2.05, 4.69) is 16.6 Å². The van der Waals surface area contributed by atoms with Gasteiger partial charge in [0.1, 0.15) is 0 Å². The molecule has 0 fully saturated rings. The molecule has 0 atom stereocenters. The van der Waals surface area contributed by atoms with E-state index in [-0.39, 0.29) is 0 Å². The van der Waals surface area contributed by atoms with Gasteiger partial charge in [-0.1, -0.05) is 6.08 Å². The molecule has 2 aliphatic rings. The molecule has 60 valence electrons. The summed E-state index contributed by atoms with van der Waals surface area (Å²) in [5.41, 5.74) is 5.91. The average molecular weight is 150 g/mol. The normalized spacial score (nSPS) is 24.0. The van der Waals surface area contributed by atoms with Gasteiger partial charge in [-0.05, 0) is 37.7 Å². The molecule has 0 bridgehead atoms. The Morgan fingerprint density at radius 2 is 2.27 bits per heavy atom. The fourth-order valence-electron chi connectivity index (χ4n) is 1.71. The van der Waals surface area contributed by atoms with Gasteiger partial charge >= 0.3 is 0 Å². The monoisotopic (exact) mass is 150 g/mol. The predicted molar refractivity (Wildman–Crippen MR) is 46.6 cm³/mol. The van der Waals surface area contributed by atoms with E-state index < -0.39 is 0 Å². The highest BCUT2D eigenvalue weighted by Crippen LogP contribution is 2.20. The number of hydrogen-bond acceptors (Lipinski definition) is 2. The summed E-state index contributed by atoms with van der Waals surface area (Å²) in [6.07, 6.45) is 8.54. The lowest BCUT2D eigenvalue weighted by Crippen LogP contribution is -2.10. The lowest BCUT2D eigenvalue weighted by molar-refractivity contribution is 0.703. The maximum atomic E-state index is 4.34. The van der Waals surface area contributed by atoms with Crippen molar-refractivity contribution in [3.05, 3.63) is 11.6 Å². The predicted octanol–water partition coefficient (Wildman–Crippen LogP) is 1.84. The van der Waals surface area contributed by atoms with Crippen LogP contribution in [0.4, 0.5) is 0 Å². The molecule has 1 aliphatic carbocycles. The van der Waals surface area contributed by atoms with Gasteiger partial charge < -0.3 is 5.43 Å². The molecule has 0 radical (unpaired) electrons. The molecular weight excluding hydrogens is 136 g/mol. The van der Waals surface area contributed by atoms with Crippen molar-refractivity contribution in [2.24, 2.45) is 5.10 Å². The number of rotatable bonds is 0. The van der Waals surface area contributed by atoms with E-state index in [1.807, 2.05) is 0 Å². The van der Waals surface area contributed by atoms with Crippen molar-refractivity contribution in [2.75, 3.05) is 6.54 Å². The Morgan fingerprint density at radius 3 is 3.27 bits per heavy atom. The van der Waals surface area contributed by atoms with E-state index in [1.54, 1.807) is 0 Å². The molecule has 0 aromatic heterocycles. The lowest BCUT2D eigenvalue weighted by atomic mass is 9.94. The minimum atomic E-state index is 1.04. The van der Waals surface area contributed by atoms with Gasteiger partial charge in [-0.2, -0.15) is 5.10 Å². The second-order valence-corrected chi connectivity index (χ2v) is 3.19. The number of nitrogens with zero attached hydrogens (tertiary/aromatic N) is 1. The maximum Gasteiger partial charge on any atom is 0.0631 e. The Kier molecular flexibility index (Phi) is 1.93. The van der Waals surface area contributed by atoms with Crippen molar-refractivity contribution < 1.29 is 0 Å². The summed E-state index contributed by atoms with van der Waals surface area (Å²) in [5, 5.41) is 4.34. The van der Waals surface area contributed by atoms with Gasteiger partial charge in [-0.3, -0.25) is 0 Å². The summed E-state index contributed by atoms with van der Waals surface area (Å²) in [7, 11) is 0. The minimum absolute atomic E-state index is 1.04. The third-order valence-corrected chi connectivity index (χ3v) is 2.33. The summed E-state index contributed by atoms with van der Waals surface area (Å²) in [5.74, 6) is 0. The Hall–Kier alpha value is -0.790. The van der Waals surface area contributed by atoms with Crippen LogP contribution in [0.3, 0.4) is 0 Å². The lowest BCUT2D eigenvalue weighted by Gasteiger charge is -2.12. The molecule has 1 N–H and O–H groups in total. The number of hydrazone groups is 1. The molecule has 1 heterocycles. The van der Waals surface area contributed by atoms with Crippen LogP contribution in [0.15, 0.2) is 16.8 Å². The standard InChI is InChI=1S/C9H14N2/c1-2-6-9-8(4-1)5-3-7-10-11-9/h4,10H,1-3,5-7H2. The van der Waals surface area contributed by atoms with Crippen LogP contribution in [0.5, 0.6) is 0 Å². The summed E-state index contributed by atoms with van der Waals surface area (Å²) in [6, 6.07) is 0. The van der Waals surface area contributed by atoms with Crippen LogP contribution in [0, 0.1) is 0 Å². The molecule has 0 aromatic rings. The Balaban J connectivity index is 2.21. The molecule has 0 aromatic carbocycles. The number of hydrogen-bond donors (Lipinski definition) is 1. The summed E-state index contributed by atoms with van der Waals surface area (Å²) in [6.45, 7) is 1.04. The van der Waals surface area contributed by atoms with E-state index in [9.17, 15) is 0 Å². The van der Waals surface area contributed by atoms with E-state index >= 15 is 0 Å². The van der Waals surface area contributed by atoms with Crippen LogP contribution < -0.4 is 5.43 Å². The van der Waals surface area contributed by atoms with Crippen LogP contribution in [0.1, 0.15) is 32.1 Å². The van der Waals surface area contributed by atoms with Gasteiger partial charge in [-0.25, -0.2) is 0 Å². The van der Waals surface area contributed by atoms with Crippen molar-refractivity contribution in [2.45, 2.75) is 32.1 Å². The molecule has 0 amide bonds. The molecule has 0 saturated heterocycles. The molecule has 1 aliphatic heterocycles. The zero-order valence-corrected chi connectivity index (χ0v) is 6.77. The largest absolute Gasteiger partial charge is 0.310 e. The molecule has 2 heteroatoms. The van der Waals surface area contributed by atoms with Crippen molar-refractivity contribution in [1.82, 2.24) is 5.43 Å². The molecule has 0 spiro atoms. The Morgan fingerprint density at radius 1 is 1.27 bits per heavy atom. The van der Waals surface area contributed by atoms with E-state index in [4.69, 9.17) is 0 Å². The molecule has 0 saturated carbocycles. The number of fused-ring (bicyclic) bond motifs is 1. The van der Waals surface area contributed by atoms with Gasteiger partial charge in [0.2, 0.25) is 0 Å². The SMILES string of the molecule is C1=C2CCCNN=C2CCC1. The minimum Gasteiger partial charge on any atom is -0.310 e. The summed E-state index contributed by atoms with van der Waals surface area (Å²) < 4.78 is 0. The fourth-order valence-corrected chi connectivity index (χ4v) is 1.71. The van der Waals surface area contributed by atoms with Gasteiger partial charge in [0.15, 0.2) is 0 Å². The Labute approximate surface area is 67.4 Å². The first-order chi connectivity index (χ1) is 5.47. The summed E-state index contributed by atoms with van der Waals surface area (Å²) in [4.78, 5) is 0. The van der Waals surface area contributed by atoms with E-state index in [0.29, 0.717) is 0 Å². The molecule has 2 rings (SSSR count). The van der Waals surface area contributed by atoms with Crippen LogP contribution in [-0.4, -0.2) is 12.3 Å². The smallest absolute Gasteiger partial charge is 0.0631 e. The summed E-state index contributed by atoms with van der Waals surface area (Å²) >= 11 is 0. The van der Waals surface area contributed by atoms with Crippen LogP contribution in [0.25, 0.3) is 0 Å². The van der Waals surface area contributed by atoms with Gasteiger partial charge in [-0.15, -0.1) is 0 Å². The highest BCUT2D eigenvalue weighted by atomic mass is 15.3. The molecule has 11 heavy (non-hydrogen) atoms. The van der Waals surface area contributed by atoms with Crippen molar-refractivity contribution in [3.63, 3.8) is 0 Å². The molecule has 0 unspecified atom stereocenters. The highest BCUT2D eigenvalue weighted by Gasteiger charge is 2.13. The van der Waals surface area contributed by atoms with E-state index in [1.165, 1.54) is 43.4 Å². The molecule has 2 nitrogen and oxygen atoms in total. The quantitative estimate of drug-likeness (QED) is 0.559. The van der Waals surface area contributed by atoms with Gasteiger partial charge in [0.25, 0.3) is 0 Å². The van der Waals surface area contributed by atoms with Crippen molar-refractivity contribution in [3.8, 4) is 0 Å². The number of nitrogens with one attached hydrogen (secondary N) is 1. The van der Waals surface area contributed by atoms with Crippen LogP contribution in [-0.2, 0) is 0 Å². The van der Waals surface area contributed by atoms with Crippen LogP contribution in [0.2, 0.25) is 0 Å². The third kappa shape index (κ3) is 1.44. The zero-order chi connectivity index (χ0) is 7.52. The first-order valence-electron chi connectivity index (χ1n) is 4.45. The van der Waals surface area contributed by atoms with Crippen molar-refractivity contribution >= 4 is 5.71 Å². The molecular formula is C9H14N2. The number of allylic oxidation sites excluding steroid dienone is 2. The first kappa shape index (κ1) is 6.89. The maximum absolute atomic E-state index is 4.34. The fraction of sp³-hybridized carbons (Fsp3) is 0.667. The third-order valence-electron chi connectivity index (χ3n) is 2.33. The van der Waals surface area contributed by atoms with Gasteiger partial charge in [0.05, 0.1) is 5.71 Å². The average Bonchev–Trinajstić information content (AvgIpc) is 2.28. The van der Waals surface area contributed by atoms with Crippen LogP contribution >= 0.6 is 0 Å². The van der Waals surface area contributed by atoms with Crippen molar-refractivity contribution in [1.29, 1.82) is 0 Å². The van der Waals surface area contributed by atoms with E-state index in [0.717, 1.165) is 6.54 Å². The highest BCUT2D eigenvalue weighted by molar-refractivity contribution is 6.00. The second kappa shape index (κ2) is 3.07. The first-order valence-corrected chi connectivity index (χ1v) is 4.45. The Bertz CT molecular complexity index is 204. The second-order valence-electron chi connectivity index (χ2n) is 3.19. The van der Waals surface area contributed by atoms with Gasteiger partial charge in [0, 0.05) is 6.54 Å². The zero-order valence-electron chi connectivity index (χ0n) is 6.77. The topological polar surface area (TPSA) is 24.4 Å².